The van der Waals surface area contributed by atoms with Crippen molar-refractivity contribution in [3.8, 4) is 5.69 Å². The summed E-state index contributed by atoms with van der Waals surface area (Å²) in [5, 5.41) is 13.9. The third-order valence-corrected chi connectivity index (χ3v) is 7.02. The summed E-state index contributed by atoms with van der Waals surface area (Å²) in [6, 6.07) is 12.9. The Hall–Kier alpha value is -2.63. The molecule has 0 unspecified atom stereocenters. The molecule has 158 valence electrons. The lowest BCUT2D eigenvalue weighted by Crippen LogP contribution is -2.24. The molecule has 1 aromatic heterocycles. The maximum absolute atomic E-state index is 13.1. The Morgan fingerprint density at radius 3 is 2.61 bits per heavy atom. The number of nitro benzene ring substituents is 1. The third-order valence-electron chi connectivity index (χ3n) is 4.45. The maximum Gasteiger partial charge on any atom is 0.272 e. The summed E-state index contributed by atoms with van der Waals surface area (Å²) in [6.07, 6.45) is 0.721. The van der Waals surface area contributed by atoms with Crippen molar-refractivity contribution in [2.45, 2.75) is 16.5 Å². The summed E-state index contributed by atoms with van der Waals surface area (Å²) >= 11 is 6.07. The number of carbonyl (C=O) groups excluding carboxylic acids is 1. The Morgan fingerprint density at radius 1 is 1.23 bits per heavy atom. The molecular formula is C20H15BrN4O4S2. The van der Waals surface area contributed by atoms with Crippen LogP contribution < -0.4 is 10.9 Å². The van der Waals surface area contributed by atoms with Gasteiger partial charge in [0.05, 0.1) is 27.0 Å². The van der Waals surface area contributed by atoms with Crippen LogP contribution in [0.3, 0.4) is 0 Å². The van der Waals surface area contributed by atoms with E-state index in [9.17, 15) is 19.7 Å². The smallest absolute Gasteiger partial charge is 0.272 e. The van der Waals surface area contributed by atoms with Crippen molar-refractivity contribution in [2.24, 2.45) is 0 Å². The number of nitrogens with zero attached hydrogens (tertiary/aromatic N) is 3. The van der Waals surface area contributed by atoms with E-state index in [-0.39, 0.29) is 22.9 Å². The highest BCUT2D eigenvalue weighted by Crippen LogP contribution is 2.30. The van der Waals surface area contributed by atoms with Gasteiger partial charge >= 0.3 is 0 Å². The lowest BCUT2D eigenvalue weighted by atomic mass is 10.3. The molecule has 4 rings (SSSR count). The van der Waals surface area contributed by atoms with Crippen LogP contribution in [0.4, 0.5) is 11.4 Å². The number of nitrogens with one attached hydrogen (secondary N) is 1. The second-order valence-electron chi connectivity index (χ2n) is 6.53. The number of nitro groups is 1. The van der Waals surface area contributed by atoms with Gasteiger partial charge in [-0.25, -0.2) is 4.98 Å². The number of amides is 1. The summed E-state index contributed by atoms with van der Waals surface area (Å²) in [4.78, 5) is 41.1. The Labute approximate surface area is 193 Å². The van der Waals surface area contributed by atoms with Crippen molar-refractivity contribution >= 4 is 56.7 Å². The van der Waals surface area contributed by atoms with Crippen LogP contribution in [0.2, 0.25) is 0 Å². The molecule has 1 aliphatic heterocycles. The zero-order valence-electron chi connectivity index (χ0n) is 15.9. The number of hydrogen-bond acceptors (Lipinski definition) is 7. The molecule has 0 saturated heterocycles. The summed E-state index contributed by atoms with van der Waals surface area (Å²) in [7, 11) is 0. The highest BCUT2D eigenvalue weighted by molar-refractivity contribution is 9.10. The van der Waals surface area contributed by atoms with E-state index >= 15 is 0 Å². The van der Waals surface area contributed by atoms with Gasteiger partial charge in [-0.15, -0.1) is 11.8 Å². The lowest BCUT2D eigenvalue weighted by molar-refractivity contribution is -0.384. The van der Waals surface area contributed by atoms with Gasteiger partial charge in [0.15, 0.2) is 5.16 Å². The first-order chi connectivity index (χ1) is 14.9. The predicted octanol–water partition coefficient (Wildman–Crippen LogP) is 4.28. The number of fused-ring (bicyclic) bond motifs is 1. The SMILES string of the molecule is O=C(CSc1nc2c(c(=O)n1-c1ccc(Br)cc1)SCC2)Nc1ccc([N+](=O)[O-])cc1. The molecule has 0 radical (unpaired) electrons. The molecule has 0 fully saturated rings. The first-order valence-corrected chi connectivity index (χ1v) is 11.9. The van der Waals surface area contributed by atoms with E-state index in [0.717, 1.165) is 22.3 Å². The number of aryl methyl sites for hydroxylation is 1. The minimum Gasteiger partial charge on any atom is -0.325 e. The molecule has 2 heterocycles. The van der Waals surface area contributed by atoms with Crippen molar-refractivity contribution in [2.75, 3.05) is 16.8 Å². The number of carbonyl (C=O) groups is 1. The quantitative estimate of drug-likeness (QED) is 0.224. The number of benzene rings is 2. The summed E-state index contributed by atoms with van der Waals surface area (Å²) in [5.41, 5.74) is 1.72. The standard InChI is InChI=1S/C20H15BrN4O4S2/c21-12-1-5-14(6-2-12)24-19(27)18-16(9-10-30-18)23-20(24)31-11-17(26)22-13-3-7-15(8-4-13)25(28)29/h1-8H,9-11H2,(H,22,26). The number of thioether (sulfide) groups is 2. The lowest BCUT2D eigenvalue weighted by Gasteiger charge is -2.14. The molecule has 0 saturated carbocycles. The minimum atomic E-state index is -0.499. The summed E-state index contributed by atoms with van der Waals surface area (Å²) in [6.45, 7) is 0. The highest BCUT2D eigenvalue weighted by atomic mass is 79.9. The molecule has 2 aromatic carbocycles. The van der Waals surface area contributed by atoms with Crippen molar-refractivity contribution < 1.29 is 9.72 Å². The first kappa shape index (κ1) is 21.6. The molecule has 0 atom stereocenters. The van der Waals surface area contributed by atoms with Crippen molar-refractivity contribution in [3.05, 3.63) is 79.2 Å². The Balaban J connectivity index is 1.55. The van der Waals surface area contributed by atoms with Crippen LogP contribution >= 0.6 is 39.5 Å². The molecule has 0 spiro atoms. The molecule has 1 N–H and O–H groups in total. The maximum atomic E-state index is 13.1. The number of aromatic nitrogens is 2. The van der Waals surface area contributed by atoms with Gasteiger partial charge in [-0.3, -0.25) is 24.3 Å². The number of hydrogen-bond donors (Lipinski definition) is 1. The van der Waals surface area contributed by atoms with Crippen molar-refractivity contribution in [1.82, 2.24) is 9.55 Å². The second kappa shape index (κ2) is 9.25. The molecule has 1 amide bonds. The predicted molar refractivity (Wildman–Crippen MR) is 124 cm³/mol. The number of anilines is 1. The largest absolute Gasteiger partial charge is 0.325 e. The van der Waals surface area contributed by atoms with Gasteiger partial charge in [-0.2, -0.15) is 0 Å². The fourth-order valence-corrected chi connectivity index (χ4v) is 5.12. The van der Waals surface area contributed by atoms with Gasteiger partial charge < -0.3 is 5.32 Å². The van der Waals surface area contributed by atoms with E-state index in [1.165, 1.54) is 52.4 Å². The first-order valence-electron chi connectivity index (χ1n) is 9.14. The average Bonchev–Trinajstić information content (AvgIpc) is 3.23. The van der Waals surface area contributed by atoms with E-state index < -0.39 is 4.92 Å². The fraction of sp³-hybridized carbons (Fsp3) is 0.150. The van der Waals surface area contributed by atoms with Crippen LogP contribution in [-0.2, 0) is 11.2 Å². The number of non-ortho nitro benzene ring substituents is 1. The van der Waals surface area contributed by atoms with Gasteiger partial charge in [0, 0.05) is 34.5 Å². The second-order valence-corrected chi connectivity index (χ2v) is 9.49. The molecule has 31 heavy (non-hydrogen) atoms. The Bertz CT molecular complexity index is 1210. The monoisotopic (exact) mass is 518 g/mol. The molecule has 11 heteroatoms. The molecule has 1 aliphatic rings. The van der Waals surface area contributed by atoms with E-state index in [2.05, 4.69) is 26.2 Å². The Morgan fingerprint density at radius 2 is 1.94 bits per heavy atom. The van der Waals surface area contributed by atoms with Gasteiger partial charge in [-0.05, 0) is 36.4 Å². The molecule has 0 bridgehead atoms. The number of halogens is 1. The zero-order chi connectivity index (χ0) is 22.0. The van der Waals surface area contributed by atoms with Crippen LogP contribution in [0.1, 0.15) is 5.69 Å². The minimum absolute atomic E-state index is 0.0336. The molecule has 8 nitrogen and oxygen atoms in total. The van der Waals surface area contributed by atoms with Gasteiger partial charge in [0.1, 0.15) is 0 Å². The average molecular weight is 519 g/mol. The van der Waals surface area contributed by atoms with E-state index in [4.69, 9.17) is 0 Å². The van der Waals surface area contributed by atoms with Crippen molar-refractivity contribution in [3.63, 3.8) is 0 Å². The number of rotatable bonds is 6. The van der Waals surface area contributed by atoms with Crippen LogP contribution in [-0.4, -0.2) is 31.9 Å². The molecule has 0 aliphatic carbocycles. The summed E-state index contributed by atoms with van der Waals surface area (Å²) < 4.78 is 2.43. The van der Waals surface area contributed by atoms with Gasteiger partial charge in [0.25, 0.3) is 11.2 Å². The fourth-order valence-electron chi connectivity index (χ4n) is 3.00. The topological polar surface area (TPSA) is 107 Å². The van der Waals surface area contributed by atoms with E-state index in [1.807, 2.05) is 24.3 Å². The zero-order valence-corrected chi connectivity index (χ0v) is 19.1. The van der Waals surface area contributed by atoms with Gasteiger partial charge in [-0.1, -0.05) is 27.7 Å². The molecular weight excluding hydrogens is 504 g/mol. The van der Waals surface area contributed by atoms with Crippen LogP contribution in [0.25, 0.3) is 5.69 Å². The summed E-state index contributed by atoms with van der Waals surface area (Å²) in [5.74, 6) is 0.545. The van der Waals surface area contributed by atoms with Crippen molar-refractivity contribution in [1.29, 1.82) is 0 Å². The Kier molecular flexibility index (Phi) is 6.44. The van der Waals surface area contributed by atoms with E-state index in [1.54, 1.807) is 0 Å². The normalized spacial score (nSPS) is 12.4. The third kappa shape index (κ3) is 4.83. The van der Waals surface area contributed by atoms with E-state index in [0.29, 0.717) is 21.4 Å². The van der Waals surface area contributed by atoms with Crippen LogP contribution in [0.15, 0.2) is 67.9 Å². The van der Waals surface area contributed by atoms with Gasteiger partial charge in [0.2, 0.25) is 5.91 Å². The van der Waals surface area contributed by atoms with Crippen LogP contribution in [0, 0.1) is 10.1 Å². The van der Waals surface area contributed by atoms with Crippen LogP contribution in [0.5, 0.6) is 0 Å². The highest BCUT2D eigenvalue weighted by Gasteiger charge is 2.23. The molecule has 3 aromatic rings.